The highest BCUT2D eigenvalue weighted by Crippen LogP contribution is 2.30. The third kappa shape index (κ3) is 2.26. The number of hydrogen-bond acceptors (Lipinski definition) is 6. The molecule has 2 aliphatic heterocycles. The van der Waals surface area contributed by atoms with Gasteiger partial charge >= 0.3 is 0 Å². The Hall–Kier alpha value is -1.40. The van der Waals surface area contributed by atoms with Gasteiger partial charge in [-0.25, -0.2) is 4.98 Å². The molecule has 98 valence electrons. The number of nitrogen functional groups attached to an aromatic ring is 1. The third-order valence-corrected chi connectivity index (χ3v) is 3.62. The molecule has 0 bridgehead atoms. The molecule has 0 atom stereocenters. The molecule has 1 aromatic rings. The van der Waals surface area contributed by atoms with Crippen LogP contribution in [0.15, 0.2) is 12.3 Å². The molecule has 0 amide bonds. The zero-order valence-electron chi connectivity index (χ0n) is 10.3. The second-order valence-electron chi connectivity index (χ2n) is 4.85. The topological polar surface area (TPSA) is 73.5 Å². The summed E-state index contributed by atoms with van der Waals surface area (Å²) in [5.74, 6) is 1.22. The molecule has 6 heteroatoms. The fraction of sp³-hybridized carbons (Fsp3) is 0.667. The first kappa shape index (κ1) is 11.7. The molecule has 6 nitrogen and oxygen atoms in total. The molecule has 0 aromatic carbocycles. The molecule has 2 N–H and O–H groups in total. The van der Waals surface area contributed by atoms with Crippen molar-refractivity contribution in [1.82, 2.24) is 9.97 Å². The van der Waals surface area contributed by atoms with Crippen molar-refractivity contribution in [3.05, 3.63) is 12.3 Å². The summed E-state index contributed by atoms with van der Waals surface area (Å²) < 4.78 is 11.4. The Morgan fingerprint density at radius 3 is 2.78 bits per heavy atom. The third-order valence-electron chi connectivity index (χ3n) is 3.62. The normalized spacial score (nSPS) is 23.2. The second kappa shape index (κ2) is 4.70. The van der Waals surface area contributed by atoms with E-state index >= 15 is 0 Å². The summed E-state index contributed by atoms with van der Waals surface area (Å²) in [7, 11) is 0. The number of aromatic nitrogens is 2. The molecular weight excluding hydrogens is 232 g/mol. The summed E-state index contributed by atoms with van der Waals surface area (Å²) in [5, 5.41) is 0. The van der Waals surface area contributed by atoms with E-state index in [-0.39, 0.29) is 5.60 Å². The van der Waals surface area contributed by atoms with Gasteiger partial charge in [-0.1, -0.05) is 0 Å². The fourth-order valence-corrected chi connectivity index (χ4v) is 2.53. The highest BCUT2D eigenvalue weighted by Gasteiger charge is 2.38. The summed E-state index contributed by atoms with van der Waals surface area (Å²) in [5.41, 5.74) is 5.59. The molecule has 0 unspecified atom stereocenters. The van der Waals surface area contributed by atoms with Gasteiger partial charge in [0, 0.05) is 19.3 Å². The van der Waals surface area contributed by atoms with E-state index in [1.807, 2.05) is 0 Å². The lowest BCUT2D eigenvalue weighted by Crippen LogP contribution is -2.52. The second-order valence-corrected chi connectivity index (χ2v) is 4.85. The lowest BCUT2D eigenvalue weighted by Gasteiger charge is -2.43. The van der Waals surface area contributed by atoms with Crippen molar-refractivity contribution >= 4 is 11.8 Å². The van der Waals surface area contributed by atoms with Crippen LogP contribution in [0.2, 0.25) is 0 Å². The number of piperidine rings is 1. The predicted octanol–water partition coefficient (Wildman–Crippen LogP) is 0.445. The molecule has 0 saturated carbocycles. The number of anilines is 2. The summed E-state index contributed by atoms with van der Waals surface area (Å²) in [4.78, 5) is 10.7. The first-order valence-electron chi connectivity index (χ1n) is 6.33. The maximum absolute atomic E-state index is 5.90. The van der Waals surface area contributed by atoms with E-state index in [0.717, 1.165) is 25.9 Å². The van der Waals surface area contributed by atoms with Crippen LogP contribution >= 0.6 is 0 Å². The molecule has 2 saturated heterocycles. The van der Waals surface area contributed by atoms with E-state index < -0.39 is 0 Å². The molecule has 18 heavy (non-hydrogen) atoms. The van der Waals surface area contributed by atoms with Crippen molar-refractivity contribution in [2.45, 2.75) is 18.4 Å². The van der Waals surface area contributed by atoms with E-state index in [1.165, 1.54) is 0 Å². The van der Waals surface area contributed by atoms with Crippen LogP contribution in [-0.4, -0.2) is 48.5 Å². The van der Waals surface area contributed by atoms with Gasteiger partial charge in [0.2, 0.25) is 5.95 Å². The summed E-state index contributed by atoms with van der Waals surface area (Å²) in [6.07, 6.45) is 3.60. The monoisotopic (exact) mass is 250 g/mol. The Labute approximate surface area is 106 Å². The average Bonchev–Trinajstić information content (AvgIpc) is 2.40. The zero-order valence-corrected chi connectivity index (χ0v) is 10.3. The van der Waals surface area contributed by atoms with Gasteiger partial charge in [0.15, 0.2) is 0 Å². The summed E-state index contributed by atoms with van der Waals surface area (Å²) in [6.45, 7) is 3.89. The highest BCUT2D eigenvalue weighted by molar-refractivity contribution is 5.38. The van der Waals surface area contributed by atoms with Crippen LogP contribution in [0, 0.1) is 0 Å². The molecule has 3 rings (SSSR count). The van der Waals surface area contributed by atoms with Crippen molar-refractivity contribution in [2.24, 2.45) is 0 Å². The Morgan fingerprint density at radius 1 is 1.28 bits per heavy atom. The molecule has 1 aromatic heterocycles. The Morgan fingerprint density at radius 2 is 2.11 bits per heavy atom. The van der Waals surface area contributed by atoms with Crippen LogP contribution in [0.1, 0.15) is 12.8 Å². The van der Waals surface area contributed by atoms with Crippen LogP contribution in [-0.2, 0) is 9.47 Å². The van der Waals surface area contributed by atoms with E-state index in [2.05, 4.69) is 14.9 Å². The number of ether oxygens (including phenoxy) is 2. The molecule has 0 radical (unpaired) electrons. The minimum atomic E-state index is -0.0882. The van der Waals surface area contributed by atoms with Crippen molar-refractivity contribution in [3.8, 4) is 0 Å². The van der Waals surface area contributed by atoms with Crippen molar-refractivity contribution in [1.29, 1.82) is 0 Å². The maximum Gasteiger partial charge on any atom is 0.227 e. The van der Waals surface area contributed by atoms with Gasteiger partial charge in [-0.2, -0.15) is 4.98 Å². The predicted molar refractivity (Wildman–Crippen MR) is 67.4 cm³/mol. The van der Waals surface area contributed by atoms with E-state index in [0.29, 0.717) is 31.6 Å². The van der Waals surface area contributed by atoms with Gasteiger partial charge in [0.1, 0.15) is 5.82 Å². The summed E-state index contributed by atoms with van der Waals surface area (Å²) >= 11 is 0. The summed E-state index contributed by atoms with van der Waals surface area (Å²) in [6, 6.07) is 1.70. The minimum Gasteiger partial charge on any atom is -0.384 e. The van der Waals surface area contributed by atoms with Gasteiger partial charge in [-0.05, 0) is 18.9 Å². The highest BCUT2D eigenvalue weighted by atomic mass is 16.6. The van der Waals surface area contributed by atoms with Gasteiger partial charge in [0.25, 0.3) is 0 Å². The van der Waals surface area contributed by atoms with Crippen LogP contribution in [0.4, 0.5) is 11.8 Å². The van der Waals surface area contributed by atoms with Gasteiger partial charge in [0.05, 0.1) is 25.4 Å². The first-order chi connectivity index (χ1) is 8.77. The molecule has 1 spiro atoms. The average molecular weight is 250 g/mol. The number of hydrogen-bond donors (Lipinski definition) is 1. The SMILES string of the molecule is Nc1ccnc(N2CCC3(CC2)COCCO3)n1. The van der Waals surface area contributed by atoms with Crippen molar-refractivity contribution in [3.63, 3.8) is 0 Å². The maximum atomic E-state index is 5.90. The lowest BCUT2D eigenvalue weighted by atomic mass is 9.91. The fourth-order valence-electron chi connectivity index (χ4n) is 2.53. The number of nitrogens with zero attached hydrogens (tertiary/aromatic N) is 3. The van der Waals surface area contributed by atoms with Gasteiger partial charge < -0.3 is 20.1 Å². The Kier molecular flexibility index (Phi) is 3.05. The van der Waals surface area contributed by atoms with E-state index in [4.69, 9.17) is 15.2 Å². The van der Waals surface area contributed by atoms with Gasteiger partial charge in [-0.15, -0.1) is 0 Å². The van der Waals surface area contributed by atoms with E-state index in [9.17, 15) is 0 Å². The molecule has 0 aliphatic carbocycles. The quantitative estimate of drug-likeness (QED) is 0.780. The number of nitrogens with two attached hydrogens (primary N) is 1. The van der Waals surface area contributed by atoms with Crippen LogP contribution in [0.3, 0.4) is 0 Å². The largest absolute Gasteiger partial charge is 0.384 e. The molecule has 2 fully saturated rings. The minimum absolute atomic E-state index is 0.0882. The Bertz CT molecular complexity index is 410. The number of rotatable bonds is 1. The smallest absolute Gasteiger partial charge is 0.227 e. The van der Waals surface area contributed by atoms with Crippen molar-refractivity contribution in [2.75, 3.05) is 43.5 Å². The molecule has 2 aliphatic rings. The van der Waals surface area contributed by atoms with Crippen LogP contribution in [0.5, 0.6) is 0 Å². The standard InChI is InChI=1S/C12H18N4O2/c13-10-1-4-14-11(15-10)16-5-2-12(3-6-16)9-17-7-8-18-12/h1,4H,2-3,5-9H2,(H2,13,14,15). The zero-order chi connectivity index (χ0) is 12.4. The lowest BCUT2D eigenvalue weighted by molar-refractivity contribution is -0.165. The van der Waals surface area contributed by atoms with Gasteiger partial charge in [-0.3, -0.25) is 0 Å². The first-order valence-corrected chi connectivity index (χ1v) is 6.33. The van der Waals surface area contributed by atoms with Crippen molar-refractivity contribution < 1.29 is 9.47 Å². The van der Waals surface area contributed by atoms with Crippen LogP contribution in [0.25, 0.3) is 0 Å². The van der Waals surface area contributed by atoms with E-state index in [1.54, 1.807) is 12.3 Å². The molecular formula is C12H18N4O2. The molecule has 3 heterocycles. The Balaban J connectivity index is 1.66. The van der Waals surface area contributed by atoms with Crippen LogP contribution < -0.4 is 10.6 Å².